The second-order valence-electron chi connectivity index (χ2n) is 4.23. The van der Waals surface area contributed by atoms with E-state index in [1.807, 2.05) is 12.1 Å². The number of nitrogens with one attached hydrogen (secondary N) is 1. The van der Waals surface area contributed by atoms with Gasteiger partial charge >= 0.3 is 0 Å². The van der Waals surface area contributed by atoms with E-state index >= 15 is 0 Å². The minimum absolute atomic E-state index is 0.481. The molecule has 0 spiro atoms. The highest BCUT2D eigenvalue weighted by Crippen LogP contribution is 2.09. The van der Waals surface area contributed by atoms with Crippen LogP contribution in [0.1, 0.15) is 25.8 Å². The number of hydrogen-bond acceptors (Lipinski definition) is 4. The highest BCUT2D eigenvalue weighted by atomic mass is 16.5. The Labute approximate surface area is 103 Å². The van der Waals surface area contributed by atoms with E-state index in [0.29, 0.717) is 25.1 Å². The molecule has 0 radical (unpaired) electrons. The zero-order valence-electron chi connectivity index (χ0n) is 10.9. The molecule has 1 N–H and O–H groups in total. The predicted octanol–water partition coefficient (Wildman–Crippen LogP) is 1.99. The van der Waals surface area contributed by atoms with E-state index < -0.39 is 0 Å². The molecule has 0 bridgehead atoms. The normalized spacial score (nSPS) is 10.8. The minimum Gasteiger partial charge on any atom is -0.478 e. The van der Waals surface area contributed by atoms with Crippen LogP contribution >= 0.6 is 0 Å². The van der Waals surface area contributed by atoms with Crippen LogP contribution in [0.3, 0.4) is 0 Å². The summed E-state index contributed by atoms with van der Waals surface area (Å²) in [5.41, 5.74) is 1.19. The molecule has 17 heavy (non-hydrogen) atoms. The molecule has 1 aromatic rings. The summed E-state index contributed by atoms with van der Waals surface area (Å²) in [6.45, 7) is 6.46. The highest BCUT2D eigenvalue weighted by molar-refractivity contribution is 5.20. The molecule has 0 saturated heterocycles. The van der Waals surface area contributed by atoms with Gasteiger partial charge in [-0.3, -0.25) is 0 Å². The van der Waals surface area contributed by atoms with Crippen molar-refractivity contribution >= 4 is 0 Å². The van der Waals surface area contributed by atoms with Gasteiger partial charge in [-0.1, -0.05) is 13.8 Å². The third kappa shape index (κ3) is 6.24. The number of pyridine rings is 1. The first-order valence-electron chi connectivity index (χ1n) is 6.02. The molecular weight excluding hydrogens is 216 g/mol. The van der Waals surface area contributed by atoms with Gasteiger partial charge < -0.3 is 14.8 Å². The molecule has 96 valence electrons. The lowest BCUT2D eigenvalue weighted by molar-refractivity contribution is 0.170. The van der Waals surface area contributed by atoms with Gasteiger partial charge in [-0.15, -0.1) is 0 Å². The molecule has 1 aromatic heterocycles. The summed E-state index contributed by atoms with van der Waals surface area (Å²) in [7, 11) is 1.69. The van der Waals surface area contributed by atoms with E-state index in [0.717, 1.165) is 13.0 Å². The van der Waals surface area contributed by atoms with E-state index in [-0.39, 0.29) is 0 Å². The van der Waals surface area contributed by atoms with Crippen LogP contribution in [0.25, 0.3) is 0 Å². The summed E-state index contributed by atoms with van der Waals surface area (Å²) in [4.78, 5) is 4.17. The third-order valence-electron chi connectivity index (χ3n) is 2.26. The molecule has 1 rings (SSSR count). The monoisotopic (exact) mass is 238 g/mol. The van der Waals surface area contributed by atoms with Gasteiger partial charge in [0.15, 0.2) is 0 Å². The Morgan fingerprint density at radius 3 is 2.88 bits per heavy atom. The van der Waals surface area contributed by atoms with Gasteiger partial charge in [-0.25, -0.2) is 4.98 Å². The summed E-state index contributed by atoms with van der Waals surface area (Å²) < 4.78 is 10.5. The molecule has 4 nitrogen and oxygen atoms in total. The van der Waals surface area contributed by atoms with E-state index in [4.69, 9.17) is 9.47 Å². The summed E-state index contributed by atoms with van der Waals surface area (Å²) in [5, 5.41) is 3.36. The van der Waals surface area contributed by atoms with Crippen LogP contribution in [0, 0.1) is 0 Å². The number of methoxy groups -OCH3 is 1. The molecule has 0 saturated carbocycles. The minimum atomic E-state index is 0.481. The van der Waals surface area contributed by atoms with E-state index in [2.05, 4.69) is 24.1 Å². The molecule has 0 unspecified atom stereocenters. The largest absolute Gasteiger partial charge is 0.478 e. The van der Waals surface area contributed by atoms with Crippen LogP contribution in [0.5, 0.6) is 5.88 Å². The average Bonchev–Trinajstić information content (AvgIpc) is 2.33. The van der Waals surface area contributed by atoms with Crippen molar-refractivity contribution in [2.24, 2.45) is 0 Å². The first-order chi connectivity index (χ1) is 8.22. The van der Waals surface area contributed by atoms with Crippen molar-refractivity contribution in [1.82, 2.24) is 10.3 Å². The van der Waals surface area contributed by atoms with Crippen LogP contribution in [0.4, 0.5) is 0 Å². The van der Waals surface area contributed by atoms with E-state index in [1.165, 1.54) is 5.56 Å². The van der Waals surface area contributed by atoms with Crippen molar-refractivity contribution in [3.8, 4) is 5.88 Å². The standard InChI is InChI=1S/C13H22N2O2/c1-11(2)15-10-12-5-6-14-13(9-12)17-8-4-7-16-3/h5-6,9,11,15H,4,7-8,10H2,1-3H3. The van der Waals surface area contributed by atoms with Crippen molar-refractivity contribution in [3.05, 3.63) is 23.9 Å². The molecule has 0 aliphatic rings. The Kier molecular flexibility index (Phi) is 6.58. The Morgan fingerprint density at radius 2 is 2.18 bits per heavy atom. The Hall–Kier alpha value is -1.13. The van der Waals surface area contributed by atoms with Gasteiger partial charge in [0.05, 0.1) is 6.61 Å². The van der Waals surface area contributed by atoms with Crippen molar-refractivity contribution in [2.45, 2.75) is 32.9 Å². The van der Waals surface area contributed by atoms with E-state index in [1.54, 1.807) is 13.3 Å². The van der Waals surface area contributed by atoms with E-state index in [9.17, 15) is 0 Å². The summed E-state index contributed by atoms with van der Waals surface area (Å²) in [6, 6.07) is 4.45. The second-order valence-corrected chi connectivity index (χ2v) is 4.23. The van der Waals surface area contributed by atoms with Crippen molar-refractivity contribution in [2.75, 3.05) is 20.3 Å². The maximum atomic E-state index is 5.54. The van der Waals surface area contributed by atoms with Crippen molar-refractivity contribution < 1.29 is 9.47 Å². The molecule has 0 aliphatic carbocycles. The zero-order valence-corrected chi connectivity index (χ0v) is 10.9. The maximum absolute atomic E-state index is 5.54. The number of hydrogen-bond donors (Lipinski definition) is 1. The fourth-order valence-corrected chi connectivity index (χ4v) is 1.34. The Bertz CT molecular complexity index is 316. The maximum Gasteiger partial charge on any atom is 0.213 e. The van der Waals surface area contributed by atoms with Gasteiger partial charge in [0.1, 0.15) is 0 Å². The molecule has 0 aliphatic heterocycles. The number of rotatable bonds is 8. The molecule has 0 amide bonds. The van der Waals surface area contributed by atoms with Crippen LogP contribution in [-0.2, 0) is 11.3 Å². The van der Waals surface area contributed by atoms with Crippen molar-refractivity contribution in [1.29, 1.82) is 0 Å². The SMILES string of the molecule is COCCCOc1cc(CNC(C)C)ccn1. The average molecular weight is 238 g/mol. The van der Waals surface area contributed by atoms with Gasteiger partial charge in [0.2, 0.25) is 5.88 Å². The Balaban J connectivity index is 2.37. The van der Waals surface area contributed by atoms with Gasteiger partial charge in [-0.05, 0) is 11.6 Å². The number of ether oxygens (including phenoxy) is 2. The fraction of sp³-hybridized carbons (Fsp3) is 0.615. The first-order valence-corrected chi connectivity index (χ1v) is 6.02. The zero-order chi connectivity index (χ0) is 12.5. The molecule has 4 heteroatoms. The molecule has 0 fully saturated rings. The topological polar surface area (TPSA) is 43.4 Å². The smallest absolute Gasteiger partial charge is 0.213 e. The predicted molar refractivity (Wildman–Crippen MR) is 68.2 cm³/mol. The molecule has 0 atom stereocenters. The molecular formula is C13H22N2O2. The van der Waals surface area contributed by atoms with Gasteiger partial charge in [-0.2, -0.15) is 0 Å². The van der Waals surface area contributed by atoms with Crippen molar-refractivity contribution in [3.63, 3.8) is 0 Å². The van der Waals surface area contributed by atoms with Gasteiger partial charge in [0.25, 0.3) is 0 Å². The fourth-order valence-electron chi connectivity index (χ4n) is 1.34. The number of nitrogens with zero attached hydrogens (tertiary/aromatic N) is 1. The Morgan fingerprint density at radius 1 is 1.35 bits per heavy atom. The van der Waals surface area contributed by atoms with Gasteiger partial charge in [0, 0.05) is 45.0 Å². The van der Waals surface area contributed by atoms with Crippen LogP contribution < -0.4 is 10.1 Å². The molecule has 1 heterocycles. The van der Waals surface area contributed by atoms with Crippen LogP contribution in [0.15, 0.2) is 18.3 Å². The summed E-state index contributed by atoms with van der Waals surface area (Å²) >= 11 is 0. The van der Waals surface area contributed by atoms with Crippen LogP contribution in [0.2, 0.25) is 0 Å². The highest BCUT2D eigenvalue weighted by Gasteiger charge is 1.99. The second kappa shape index (κ2) is 8.03. The first kappa shape index (κ1) is 13.9. The lowest BCUT2D eigenvalue weighted by Gasteiger charge is -2.09. The lowest BCUT2D eigenvalue weighted by atomic mass is 10.2. The third-order valence-corrected chi connectivity index (χ3v) is 2.26. The quantitative estimate of drug-likeness (QED) is 0.703. The summed E-state index contributed by atoms with van der Waals surface area (Å²) in [5.74, 6) is 0.684. The number of aromatic nitrogens is 1. The summed E-state index contributed by atoms with van der Waals surface area (Å²) in [6.07, 6.45) is 2.66. The molecule has 0 aromatic carbocycles. The lowest BCUT2D eigenvalue weighted by Crippen LogP contribution is -2.21. The van der Waals surface area contributed by atoms with Crippen LogP contribution in [-0.4, -0.2) is 31.3 Å².